The minimum Gasteiger partial charge on any atom is -0.390 e. The average molecular weight is 320 g/mol. The first-order chi connectivity index (χ1) is 9.47. The number of halogens is 2. The number of hydrogen-bond donors (Lipinski definition) is 2. The van der Waals surface area contributed by atoms with Gasteiger partial charge in [-0.1, -0.05) is 29.3 Å². The lowest BCUT2D eigenvalue weighted by Gasteiger charge is -2.34. The van der Waals surface area contributed by atoms with Crippen molar-refractivity contribution in [3.63, 3.8) is 0 Å². The maximum Gasteiger partial charge on any atom is 0.104 e. The largest absolute Gasteiger partial charge is 0.390 e. The van der Waals surface area contributed by atoms with Gasteiger partial charge in [0.1, 0.15) is 6.10 Å². The summed E-state index contributed by atoms with van der Waals surface area (Å²) in [6.45, 7) is 1.99. The average Bonchev–Trinajstić information content (AvgIpc) is 2.39. The van der Waals surface area contributed by atoms with E-state index in [9.17, 15) is 10.2 Å². The lowest BCUT2D eigenvalue weighted by molar-refractivity contribution is -0.125. The Morgan fingerprint density at radius 3 is 2.70 bits per heavy atom. The van der Waals surface area contributed by atoms with Crippen molar-refractivity contribution in [1.82, 2.24) is 4.90 Å². The summed E-state index contributed by atoms with van der Waals surface area (Å²) in [7, 11) is 1.95. The van der Waals surface area contributed by atoms with Crippen molar-refractivity contribution in [1.29, 1.82) is 0 Å². The van der Waals surface area contributed by atoms with Crippen LogP contribution in [0.4, 0.5) is 0 Å². The Balaban J connectivity index is 1.91. The van der Waals surface area contributed by atoms with E-state index in [1.165, 1.54) is 0 Å². The number of aliphatic hydroxyl groups is 2. The van der Waals surface area contributed by atoms with Gasteiger partial charge in [0, 0.05) is 19.0 Å². The van der Waals surface area contributed by atoms with Crippen molar-refractivity contribution in [2.75, 3.05) is 26.8 Å². The first kappa shape index (κ1) is 16.0. The number of benzene rings is 1. The summed E-state index contributed by atoms with van der Waals surface area (Å²) < 4.78 is 5.28. The smallest absolute Gasteiger partial charge is 0.104 e. The fourth-order valence-electron chi connectivity index (χ4n) is 2.43. The molecule has 2 N–H and O–H groups in total. The van der Waals surface area contributed by atoms with Crippen LogP contribution in [0.3, 0.4) is 0 Å². The van der Waals surface area contributed by atoms with Gasteiger partial charge in [0.05, 0.1) is 29.4 Å². The van der Waals surface area contributed by atoms with E-state index in [1.54, 1.807) is 6.07 Å². The highest BCUT2D eigenvalue weighted by molar-refractivity contribution is 6.42. The van der Waals surface area contributed by atoms with Crippen LogP contribution < -0.4 is 0 Å². The van der Waals surface area contributed by atoms with Crippen LogP contribution in [0.2, 0.25) is 10.0 Å². The third kappa shape index (κ3) is 4.07. The van der Waals surface area contributed by atoms with Crippen LogP contribution in [0.15, 0.2) is 18.2 Å². The quantitative estimate of drug-likeness (QED) is 0.888. The first-order valence-corrected chi connectivity index (χ1v) is 7.29. The normalized spacial score (nSPS) is 27.0. The fourth-order valence-corrected chi connectivity index (χ4v) is 2.75. The van der Waals surface area contributed by atoms with Crippen LogP contribution in [0.25, 0.3) is 0 Å². The topological polar surface area (TPSA) is 52.9 Å². The summed E-state index contributed by atoms with van der Waals surface area (Å²) in [4.78, 5) is 2.06. The number of ether oxygens (including phenoxy) is 1. The minimum absolute atomic E-state index is 0.0912. The standard InChI is InChI=1S/C14H19Cl2NO3/c1-17(5-9-2-3-11(15)12(16)4-9)6-10-7-20-8-13(18)14(10)19/h2-4,10,13-14,18-19H,5-8H2,1H3/t10-,13-,14+/m1/s1. The molecule has 1 saturated heterocycles. The van der Waals surface area contributed by atoms with Crippen molar-refractivity contribution in [2.45, 2.75) is 18.8 Å². The Hall–Kier alpha value is -0.360. The molecule has 0 radical (unpaired) electrons. The van der Waals surface area contributed by atoms with Crippen molar-refractivity contribution in [3.05, 3.63) is 33.8 Å². The van der Waals surface area contributed by atoms with Crippen LogP contribution in [0, 0.1) is 5.92 Å². The van der Waals surface area contributed by atoms with E-state index < -0.39 is 12.2 Å². The van der Waals surface area contributed by atoms with Gasteiger partial charge < -0.3 is 19.8 Å². The second-order valence-electron chi connectivity index (χ2n) is 5.30. The third-order valence-corrected chi connectivity index (χ3v) is 4.22. The number of hydrogen-bond acceptors (Lipinski definition) is 4. The molecule has 0 unspecified atom stereocenters. The third-order valence-electron chi connectivity index (χ3n) is 3.48. The van der Waals surface area contributed by atoms with E-state index in [1.807, 2.05) is 19.2 Å². The van der Waals surface area contributed by atoms with Crippen molar-refractivity contribution < 1.29 is 14.9 Å². The SMILES string of the molecule is CN(Cc1ccc(Cl)c(Cl)c1)C[C@@H]1COC[C@@H](O)[C@H]1O. The van der Waals surface area contributed by atoms with Gasteiger partial charge in [-0.2, -0.15) is 0 Å². The Labute approximate surface area is 128 Å². The molecule has 0 spiro atoms. The molecule has 6 heteroatoms. The summed E-state index contributed by atoms with van der Waals surface area (Å²) in [5.74, 6) is -0.0912. The molecule has 1 aromatic rings. The molecule has 3 atom stereocenters. The van der Waals surface area contributed by atoms with Crippen molar-refractivity contribution >= 4 is 23.2 Å². The second kappa shape index (κ2) is 7.07. The highest BCUT2D eigenvalue weighted by Gasteiger charge is 2.31. The zero-order valence-electron chi connectivity index (χ0n) is 11.3. The molecular formula is C14H19Cl2NO3. The van der Waals surface area contributed by atoms with Gasteiger partial charge in [0.15, 0.2) is 0 Å². The van der Waals surface area contributed by atoms with Gasteiger partial charge in [-0.15, -0.1) is 0 Å². The van der Waals surface area contributed by atoms with Gasteiger partial charge in [0.25, 0.3) is 0 Å². The van der Waals surface area contributed by atoms with Crippen LogP contribution >= 0.6 is 23.2 Å². The van der Waals surface area contributed by atoms with Crippen molar-refractivity contribution in [3.8, 4) is 0 Å². The van der Waals surface area contributed by atoms with E-state index in [0.717, 1.165) is 5.56 Å². The van der Waals surface area contributed by atoms with E-state index >= 15 is 0 Å². The van der Waals surface area contributed by atoms with Gasteiger partial charge in [-0.25, -0.2) is 0 Å². The fraction of sp³-hybridized carbons (Fsp3) is 0.571. The van der Waals surface area contributed by atoms with Crippen LogP contribution in [-0.2, 0) is 11.3 Å². The predicted molar refractivity (Wildman–Crippen MR) is 79.1 cm³/mol. The summed E-state index contributed by atoms with van der Waals surface area (Å²) >= 11 is 11.9. The van der Waals surface area contributed by atoms with Crippen LogP contribution in [-0.4, -0.2) is 54.1 Å². The molecule has 0 aliphatic carbocycles. The molecule has 0 bridgehead atoms. The number of rotatable bonds is 4. The summed E-state index contributed by atoms with van der Waals surface area (Å²) in [5.41, 5.74) is 1.05. The van der Waals surface area contributed by atoms with Gasteiger partial charge in [-0.3, -0.25) is 0 Å². The van der Waals surface area contributed by atoms with Crippen LogP contribution in [0.1, 0.15) is 5.56 Å². The van der Waals surface area contributed by atoms with E-state index in [-0.39, 0.29) is 12.5 Å². The molecule has 4 nitrogen and oxygen atoms in total. The lowest BCUT2D eigenvalue weighted by atomic mass is 9.96. The van der Waals surface area contributed by atoms with Gasteiger partial charge in [0.2, 0.25) is 0 Å². The monoisotopic (exact) mass is 319 g/mol. The summed E-state index contributed by atoms with van der Waals surface area (Å²) in [6.07, 6.45) is -1.54. The maximum absolute atomic E-state index is 9.94. The molecule has 1 aromatic carbocycles. The Morgan fingerprint density at radius 1 is 1.25 bits per heavy atom. The molecule has 112 valence electrons. The summed E-state index contributed by atoms with van der Waals surface area (Å²) in [6, 6.07) is 5.53. The summed E-state index contributed by atoms with van der Waals surface area (Å²) in [5, 5.41) is 20.6. The zero-order valence-corrected chi connectivity index (χ0v) is 12.8. The molecule has 1 fully saturated rings. The maximum atomic E-state index is 9.94. The minimum atomic E-state index is -0.799. The van der Waals surface area contributed by atoms with Crippen LogP contribution in [0.5, 0.6) is 0 Å². The molecule has 0 saturated carbocycles. The van der Waals surface area contributed by atoms with Gasteiger partial charge >= 0.3 is 0 Å². The first-order valence-electron chi connectivity index (χ1n) is 6.53. The molecule has 20 heavy (non-hydrogen) atoms. The zero-order chi connectivity index (χ0) is 14.7. The van der Waals surface area contributed by atoms with E-state index in [2.05, 4.69) is 4.90 Å². The molecule has 0 aromatic heterocycles. The molecule has 1 aliphatic rings. The Morgan fingerprint density at radius 2 is 2.00 bits per heavy atom. The molecule has 1 heterocycles. The lowest BCUT2D eigenvalue weighted by Crippen LogP contribution is -2.47. The molecule has 2 rings (SSSR count). The van der Waals surface area contributed by atoms with Crippen molar-refractivity contribution in [2.24, 2.45) is 5.92 Å². The van der Waals surface area contributed by atoms with Gasteiger partial charge in [-0.05, 0) is 24.7 Å². The number of nitrogens with zero attached hydrogens (tertiary/aromatic N) is 1. The predicted octanol–water partition coefficient (Wildman–Crippen LogP) is 1.79. The number of aliphatic hydroxyl groups excluding tert-OH is 2. The van der Waals surface area contributed by atoms with E-state index in [4.69, 9.17) is 27.9 Å². The highest BCUT2D eigenvalue weighted by Crippen LogP contribution is 2.23. The highest BCUT2D eigenvalue weighted by atomic mass is 35.5. The molecular weight excluding hydrogens is 301 g/mol. The van der Waals surface area contributed by atoms with E-state index in [0.29, 0.717) is 29.7 Å². The Kier molecular flexibility index (Phi) is 5.66. The molecule has 0 amide bonds. The second-order valence-corrected chi connectivity index (χ2v) is 6.12. The molecule has 1 aliphatic heterocycles. The Bertz CT molecular complexity index is 458.